The van der Waals surface area contributed by atoms with Crippen molar-refractivity contribution < 1.29 is 9.90 Å². The van der Waals surface area contributed by atoms with Gasteiger partial charge >= 0.3 is 6.03 Å². The summed E-state index contributed by atoms with van der Waals surface area (Å²) in [7, 11) is 0. The highest BCUT2D eigenvalue weighted by Crippen LogP contribution is 2.18. The number of nitrogens with zero attached hydrogens (tertiary/aromatic N) is 1. The quantitative estimate of drug-likeness (QED) is 0.733. The van der Waals surface area contributed by atoms with Crippen LogP contribution < -0.4 is 10.6 Å². The maximum atomic E-state index is 11.7. The van der Waals surface area contributed by atoms with Gasteiger partial charge in [-0.15, -0.1) is 0 Å². The van der Waals surface area contributed by atoms with Crippen molar-refractivity contribution in [1.82, 2.24) is 10.3 Å². The van der Waals surface area contributed by atoms with Gasteiger partial charge in [0.25, 0.3) is 0 Å². The number of aliphatic hydroxyl groups excluding tert-OH is 1. The molecule has 0 aliphatic heterocycles. The highest BCUT2D eigenvalue weighted by Gasteiger charge is 2.24. The van der Waals surface area contributed by atoms with E-state index in [1.807, 2.05) is 0 Å². The number of aliphatic hydroxyl groups is 1. The van der Waals surface area contributed by atoms with E-state index in [1.54, 1.807) is 18.3 Å². The third-order valence-corrected chi connectivity index (χ3v) is 3.50. The van der Waals surface area contributed by atoms with Crippen molar-refractivity contribution in [3.05, 3.63) is 22.9 Å². The van der Waals surface area contributed by atoms with E-state index in [4.69, 9.17) is 0 Å². The van der Waals surface area contributed by atoms with Gasteiger partial charge in [0.2, 0.25) is 0 Å². The zero-order valence-corrected chi connectivity index (χ0v) is 11.5. The second-order valence-electron chi connectivity index (χ2n) is 4.43. The number of pyridine rings is 1. The Kier molecular flexibility index (Phi) is 4.54. The molecule has 2 rings (SSSR count). The van der Waals surface area contributed by atoms with Gasteiger partial charge in [-0.05, 0) is 40.9 Å². The summed E-state index contributed by atoms with van der Waals surface area (Å²) in [6.07, 6.45) is 4.78. The normalized spacial score (nSPS) is 23.4. The minimum atomic E-state index is -0.437. The van der Waals surface area contributed by atoms with Crippen LogP contribution in [0, 0.1) is 0 Å². The smallest absolute Gasteiger partial charge is 0.319 e. The Hall–Kier alpha value is -1.14. The molecule has 0 saturated heterocycles. The molecule has 18 heavy (non-hydrogen) atoms. The molecule has 1 aromatic rings. The minimum absolute atomic E-state index is 0.151. The molecule has 1 fully saturated rings. The second-order valence-corrected chi connectivity index (χ2v) is 5.24. The van der Waals surface area contributed by atoms with Crippen LogP contribution in [0.3, 0.4) is 0 Å². The summed E-state index contributed by atoms with van der Waals surface area (Å²) in [4.78, 5) is 15.8. The molecule has 1 aliphatic rings. The van der Waals surface area contributed by atoms with Crippen LogP contribution in [0.1, 0.15) is 25.7 Å². The highest BCUT2D eigenvalue weighted by atomic mass is 79.9. The molecule has 0 spiro atoms. The van der Waals surface area contributed by atoms with Crippen LogP contribution in [0.2, 0.25) is 0 Å². The van der Waals surface area contributed by atoms with E-state index >= 15 is 0 Å². The van der Waals surface area contributed by atoms with Crippen LogP contribution >= 0.6 is 15.9 Å². The maximum Gasteiger partial charge on any atom is 0.319 e. The van der Waals surface area contributed by atoms with E-state index in [0.717, 1.165) is 30.3 Å². The van der Waals surface area contributed by atoms with E-state index in [1.165, 1.54) is 0 Å². The number of hydrogen-bond donors (Lipinski definition) is 3. The van der Waals surface area contributed by atoms with Crippen LogP contribution in [-0.4, -0.2) is 28.3 Å². The number of anilines is 1. The molecule has 3 N–H and O–H groups in total. The Morgan fingerprint density at radius 1 is 1.39 bits per heavy atom. The molecule has 0 radical (unpaired) electrons. The summed E-state index contributed by atoms with van der Waals surface area (Å²) in [5.41, 5.74) is 0.626. The van der Waals surface area contributed by atoms with Crippen LogP contribution in [0.25, 0.3) is 0 Å². The first-order valence-corrected chi connectivity index (χ1v) is 6.81. The van der Waals surface area contributed by atoms with Gasteiger partial charge in [0.05, 0.1) is 24.0 Å². The Labute approximate surface area is 114 Å². The number of carbonyl (C=O) groups excluding carboxylic acids is 1. The van der Waals surface area contributed by atoms with E-state index in [-0.39, 0.29) is 12.1 Å². The zero-order valence-electron chi connectivity index (χ0n) is 9.90. The van der Waals surface area contributed by atoms with Crippen molar-refractivity contribution in [3.63, 3.8) is 0 Å². The van der Waals surface area contributed by atoms with Crippen molar-refractivity contribution in [2.75, 3.05) is 5.32 Å². The molecule has 2 atom stereocenters. The van der Waals surface area contributed by atoms with Crippen molar-refractivity contribution in [1.29, 1.82) is 0 Å². The first kappa shape index (κ1) is 13.3. The lowest BCUT2D eigenvalue weighted by Gasteiger charge is -2.28. The standard InChI is InChI=1S/C12H16BrN3O2/c13-11-6-5-8(7-14-11)15-12(18)16-9-3-1-2-4-10(9)17/h5-7,9-10,17H,1-4H2,(H2,15,16,18). The predicted octanol–water partition coefficient (Wildman–Crippen LogP) is 2.27. The first-order valence-electron chi connectivity index (χ1n) is 6.02. The van der Waals surface area contributed by atoms with Gasteiger partial charge in [-0.3, -0.25) is 0 Å². The van der Waals surface area contributed by atoms with Gasteiger partial charge < -0.3 is 15.7 Å². The first-order chi connectivity index (χ1) is 8.65. The monoisotopic (exact) mass is 313 g/mol. The van der Waals surface area contributed by atoms with Gasteiger partial charge in [-0.25, -0.2) is 9.78 Å². The molecule has 5 nitrogen and oxygen atoms in total. The molecule has 1 heterocycles. The highest BCUT2D eigenvalue weighted by molar-refractivity contribution is 9.10. The number of carbonyl (C=O) groups is 1. The Balaban J connectivity index is 1.86. The van der Waals surface area contributed by atoms with E-state index < -0.39 is 6.10 Å². The number of hydrogen-bond acceptors (Lipinski definition) is 3. The van der Waals surface area contributed by atoms with Crippen molar-refractivity contribution in [2.24, 2.45) is 0 Å². The number of aromatic nitrogens is 1. The molecule has 1 saturated carbocycles. The lowest BCUT2D eigenvalue weighted by molar-refractivity contribution is 0.0955. The van der Waals surface area contributed by atoms with Gasteiger partial charge in [-0.1, -0.05) is 12.8 Å². The summed E-state index contributed by atoms with van der Waals surface area (Å²) >= 11 is 3.23. The summed E-state index contributed by atoms with van der Waals surface area (Å²) in [6, 6.07) is 3.06. The van der Waals surface area contributed by atoms with Crippen LogP contribution in [0.5, 0.6) is 0 Å². The van der Waals surface area contributed by atoms with Gasteiger partial charge in [-0.2, -0.15) is 0 Å². The predicted molar refractivity (Wildman–Crippen MR) is 72.4 cm³/mol. The average Bonchev–Trinajstić information content (AvgIpc) is 2.35. The van der Waals surface area contributed by atoms with Crippen molar-refractivity contribution in [3.8, 4) is 0 Å². The number of nitrogens with one attached hydrogen (secondary N) is 2. The Morgan fingerprint density at radius 2 is 2.17 bits per heavy atom. The fraction of sp³-hybridized carbons (Fsp3) is 0.500. The summed E-state index contributed by atoms with van der Waals surface area (Å²) in [5.74, 6) is 0. The maximum absolute atomic E-state index is 11.7. The number of halogens is 1. The van der Waals surface area contributed by atoms with Gasteiger partial charge in [0, 0.05) is 0 Å². The lowest BCUT2D eigenvalue weighted by atomic mass is 9.93. The minimum Gasteiger partial charge on any atom is -0.391 e. The van der Waals surface area contributed by atoms with Crippen LogP contribution in [0.15, 0.2) is 22.9 Å². The van der Waals surface area contributed by atoms with E-state index in [2.05, 4.69) is 31.5 Å². The average molecular weight is 314 g/mol. The molecule has 2 unspecified atom stereocenters. The molecule has 1 aromatic heterocycles. The van der Waals surface area contributed by atoms with Crippen molar-refractivity contribution >= 4 is 27.6 Å². The lowest BCUT2D eigenvalue weighted by Crippen LogP contribution is -2.46. The van der Waals surface area contributed by atoms with Crippen LogP contribution in [-0.2, 0) is 0 Å². The zero-order chi connectivity index (χ0) is 13.0. The molecule has 0 aromatic carbocycles. The molecule has 98 valence electrons. The fourth-order valence-corrected chi connectivity index (χ4v) is 2.30. The molecule has 2 amide bonds. The molecule has 6 heteroatoms. The van der Waals surface area contributed by atoms with Gasteiger partial charge in [0.1, 0.15) is 4.60 Å². The Bertz CT molecular complexity index is 410. The fourth-order valence-electron chi connectivity index (χ4n) is 2.06. The summed E-state index contributed by atoms with van der Waals surface area (Å²) in [5, 5.41) is 15.2. The van der Waals surface area contributed by atoms with Crippen LogP contribution in [0.4, 0.5) is 10.5 Å². The SMILES string of the molecule is O=C(Nc1ccc(Br)nc1)NC1CCCCC1O. The van der Waals surface area contributed by atoms with Crippen molar-refractivity contribution in [2.45, 2.75) is 37.8 Å². The van der Waals surface area contributed by atoms with Gasteiger partial charge in [0.15, 0.2) is 0 Å². The molecule has 1 aliphatic carbocycles. The largest absolute Gasteiger partial charge is 0.391 e. The number of urea groups is 1. The molecule has 0 bridgehead atoms. The topological polar surface area (TPSA) is 74.2 Å². The third-order valence-electron chi connectivity index (χ3n) is 3.03. The number of rotatable bonds is 2. The second kappa shape index (κ2) is 6.15. The van der Waals surface area contributed by atoms with E-state index in [0.29, 0.717) is 5.69 Å². The molecular formula is C12H16BrN3O2. The Morgan fingerprint density at radius 3 is 2.83 bits per heavy atom. The summed E-state index contributed by atoms with van der Waals surface area (Å²) in [6.45, 7) is 0. The molecular weight excluding hydrogens is 298 g/mol. The van der Waals surface area contributed by atoms with E-state index in [9.17, 15) is 9.90 Å². The summed E-state index contributed by atoms with van der Waals surface area (Å²) < 4.78 is 0.719. The third kappa shape index (κ3) is 3.68. The number of amides is 2.